The van der Waals surface area contributed by atoms with Gasteiger partial charge in [-0.1, -0.05) is 12.8 Å². The van der Waals surface area contributed by atoms with Gasteiger partial charge < -0.3 is 10.2 Å². The number of thiazole rings is 1. The minimum Gasteiger partial charge on any atom is -0.458 e. The molecule has 0 spiro atoms. The van der Waals surface area contributed by atoms with E-state index in [9.17, 15) is 8.42 Å². The van der Waals surface area contributed by atoms with Gasteiger partial charge in [0, 0.05) is 5.38 Å². The molecular formula is C13H17N3O3S2. The van der Waals surface area contributed by atoms with Crippen molar-refractivity contribution in [3.63, 3.8) is 0 Å². The van der Waals surface area contributed by atoms with E-state index in [1.807, 2.05) is 0 Å². The molecular weight excluding hydrogens is 310 g/mol. The Bertz CT molecular complexity index is 715. The second kappa shape index (κ2) is 5.78. The van der Waals surface area contributed by atoms with E-state index < -0.39 is 10.0 Å². The maximum atomic E-state index is 12.2. The molecule has 0 aromatic carbocycles. The van der Waals surface area contributed by atoms with Gasteiger partial charge in [0.1, 0.15) is 11.5 Å². The summed E-state index contributed by atoms with van der Waals surface area (Å²) in [5.41, 5.74) is 6.11. The third-order valence-corrected chi connectivity index (χ3v) is 6.30. The highest BCUT2D eigenvalue weighted by molar-refractivity contribution is 7.93. The highest BCUT2D eigenvalue weighted by Gasteiger charge is 2.29. The Labute approximate surface area is 127 Å². The summed E-state index contributed by atoms with van der Waals surface area (Å²) < 4.78 is 32.5. The van der Waals surface area contributed by atoms with Crippen LogP contribution < -0.4 is 10.5 Å². The molecule has 0 unspecified atom stereocenters. The third-order valence-electron chi connectivity index (χ3n) is 3.59. The fourth-order valence-corrected chi connectivity index (χ4v) is 4.96. The van der Waals surface area contributed by atoms with E-state index >= 15 is 0 Å². The fraction of sp³-hybridized carbons (Fsp3) is 0.462. The van der Waals surface area contributed by atoms with Gasteiger partial charge in [0.05, 0.1) is 11.8 Å². The average molecular weight is 327 g/mol. The number of rotatable bonds is 5. The molecule has 1 aliphatic carbocycles. The van der Waals surface area contributed by atoms with Crippen molar-refractivity contribution in [2.24, 2.45) is 5.73 Å². The number of aromatic nitrogens is 1. The maximum absolute atomic E-state index is 12.2. The van der Waals surface area contributed by atoms with Gasteiger partial charge in [0.15, 0.2) is 10.9 Å². The van der Waals surface area contributed by atoms with Crippen molar-refractivity contribution in [2.45, 2.75) is 37.5 Å². The lowest BCUT2D eigenvalue weighted by Crippen LogP contribution is -2.25. The second-order valence-electron chi connectivity index (χ2n) is 5.06. The molecule has 1 saturated carbocycles. The van der Waals surface area contributed by atoms with Crippen LogP contribution in [0.15, 0.2) is 21.9 Å². The molecule has 1 fully saturated rings. The molecule has 1 aliphatic rings. The molecule has 0 bridgehead atoms. The van der Waals surface area contributed by atoms with Crippen molar-refractivity contribution in [1.29, 1.82) is 0 Å². The summed E-state index contributed by atoms with van der Waals surface area (Å²) >= 11 is 1.25. The lowest BCUT2D eigenvalue weighted by molar-refractivity contribution is 0.524. The second-order valence-corrected chi connectivity index (χ2v) is 7.88. The first-order valence-corrected chi connectivity index (χ1v) is 9.27. The van der Waals surface area contributed by atoms with E-state index in [4.69, 9.17) is 10.2 Å². The largest absolute Gasteiger partial charge is 0.458 e. The summed E-state index contributed by atoms with van der Waals surface area (Å²) in [5, 5.41) is 1.85. The van der Waals surface area contributed by atoms with Crippen molar-refractivity contribution >= 4 is 26.5 Å². The Balaban J connectivity index is 1.75. The van der Waals surface area contributed by atoms with Gasteiger partial charge in [-0.3, -0.25) is 4.72 Å². The quantitative estimate of drug-likeness (QED) is 0.879. The molecule has 6 nitrogen and oxygen atoms in total. The summed E-state index contributed by atoms with van der Waals surface area (Å²) in [6, 6.07) is 3.57. The third kappa shape index (κ3) is 3.12. The number of hydrogen-bond acceptors (Lipinski definition) is 6. The molecule has 3 rings (SSSR count). The van der Waals surface area contributed by atoms with Crippen molar-refractivity contribution in [3.8, 4) is 11.5 Å². The zero-order valence-electron chi connectivity index (χ0n) is 11.4. The van der Waals surface area contributed by atoms with E-state index in [2.05, 4.69) is 9.71 Å². The van der Waals surface area contributed by atoms with Gasteiger partial charge in [0.25, 0.3) is 0 Å². The number of nitrogens with one attached hydrogen (secondary N) is 1. The predicted octanol–water partition coefficient (Wildman–Crippen LogP) is 2.55. The zero-order valence-corrected chi connectivity index (χ0v) is 13.0. The first-order chi connectivity index (χ1) is 10.1. The molecule has 0 saturated heterocycles. The maximum Gasteiger partial charge on any atom is 0.237 e. The van der Waals surface area contributed by atoms with E-state index in [1.54, 1.807) is 17.5 Å². The van der Waals surface area contributed by atoms with Gasteiger partial charge in [-0.25, -0.2) is 13.4 Å². The van der Waals surface area contributed by atoms with Crippen LogP contribution in [0.2, 0.25) is 0 Å². The van der Waals surface area contributed by atoms with Crippen molar-refractivity contribution in [2.75, 3.05) is 4.72 Å². The number of sulfonamides is 1. The standard InChI is InChI=1S/C13H17N3O3S2/c14-7-9-5-6-12(19-9)11-8-20-13(15-11)16-21(17,18)10-3-1-2-4-10/h5-6,8,10H,1-4,7,14H2,(H,15,16). The summed E-state index contributed by atoms with van der Waals surface area (Å²) in [6.45, 7) is 0.325. The van der Waals surface area contributed by atoms with Crippen LogP contribution >= 0.6 is 11.3 Å². The van der Waals surface area contributed by atoms with Gasteiger partial charge >= 0.3 is 0 Å². The summed E-state index contributed by atoms with van der Waals surface area (Å²) in [6.07, 6.45) is 3.41. The lowest BCUT2D eigenvalue weighted by atomic mass is 10.3. The molecule has 0 aliphatic heterocycles. The van der Waals surface area contributed by atoms with E-state index in [-0.39, 0.29) is 5.25 Å². The number of nitrogens with two attached hydrogens (primary N) is 1. The molecule has 2 aromatic rings. The van der Waals surface area contributed by atoms with Gasteiger partial charge in [0.2, 0.25) is 10.0 Å². The normalized spacial score (nSPS) is 16.4. The summed E-state index contributed by atoms with van der Waals surface area (Å²) in [4.78, 5) is 4.28. The van der Waals surface area contributed by atoms with Crippen LogP contribution in [0, 0.1) is 0 Å². The molecule has 0 atom stereocenters. The van der Waals surface area contributed by atoms with E-state index in [0.29, 0.717) is 28.9 Å². The number of anilines is 1. The molecule has 2 aromatic heterocycles. The molecule has 114 valence electrons. The molecule has 3 N–H and O–H groups in total. The zero-order chi connectivity index (χ0) is 14.9. The van der Waals surface area contributed by atoms with Gasteiger partial charge in [-0.15, -0.1) is 11.3 Å². The van der Waals surface area contributed by atoms with Crippen LogP contribution in [0.25, 0.3) is 11.5 Å². The van der Waals surface area contributed by atoms with Gasteiger partial charge in [-0.05, 0) is 25.0 Å². The molecule has 0 radical (unpaired) electrons. The molecule has 8 heteroatoms. The van der Waals surface area contributed by atoms with Crippen molar-refractivity contribution < 1.29 is 12.8 Å². The van der Waals surface area contributed by atoms with E-state index in [1.165, 1.54) is 11.3 Å². The minimum absolute atomic E-state index is 0.294. The van der Waals surface area contributed by atoms with E-state index in [0.717, 1.165) is 25.7 Å². The topological polar surface area (TPSA) is 98.2 Å². The van der Waals surface area contributed by atoms with Crippen molar-refractivity contribution in [3.05, 3.63) is 23.3 Å². The monoisotopic (exact) mass is 327 g/mol. The summed E-state index contributed by atoms with van der Waals surface area (Å²) in [5.74, 6) is 1.27. The summed E-state index contributed by atoms with van der Waals surface area (Å²) in [7, 11) is -3.33. The van der Waals surface area contributed by atoms with Gasteiger partial charge in [-0.2, -0.15) is 0 Å². The number of furan rings is 1. The molecule has 21 heavy (non-hydrogen) atoms. The Morgan fingerprint density at radius 3 is 2.81 bits per heavy atom. The highest BCUT2D eigenvalue weighted by atomic mass is 32.2. The van der Waals surface area contributed by atoms with Crippen LogP contribution in [-0.4, -0.2) is 18.7 Å². The first kappa shape index (κ1) is 14.6. The van der Waals surface area contributed by atoms with Crippen LogP contribution in [0.5, 0.6) is 0 Å². The molecule has 0 amide bonds. The molecule has 2 heterocycles. The highest BCUT2D eigenvalue weighted by Crippen LogP contribution is 2.30. The Morgan fingerprint density at radius 1 is 1.38 bits per heavy atom. The van der Waals surface area contributed by atoms with Crippen LogP contribution in [0.3, 0.4) is 0 Å². The smallest absolute Gasteiger partial charge is 0.237 e. The minimum atomic E-state index is -3.33. The number of hydrogen-bond donors (Lipinski definition) is 2. The van der Waals surface area contributed by atoms with Crippen LogP contribution in [0.4, 0.5) is 5.13 Å². The Morgan fingerprint density at radius 2 is 2.14 bits per heavy atom. The number of nitrogens with zero attached hydrogens (tertiary/aromatic N) is 1. The predicted molar refractivity (Wildman–Crippen MR) is 82.5 cm³/mol. The Hall–Kier alpha value is -1.38. The SMILES string of the molecule is NCc1ccc(-c2csc(NS(=O)(=O)C3CCCC3)n2)o1. The Kier molecular flexibility index (Phi) is 4.01. The average Bonchev–Trinajstić information content (AvgIpc) is 3.19. The lowest BCUT2D eigenvalue weighted by Gasteiger charge is -2.10. The van der Waals surface area contributed by atoms with Crippen LogP contribution in [-0.2, 0) is 16.6 Å². The first-order valence-electron chi connectivity index (χ1n) is 6.85. The van der Waals surface area contributed by atoms with Crippen LogP contribution in [0.1, 0.15) is 31.4 Å². The fourth-order valence-electron chi connectivity index (χ4n) is 2.46. The van der Waals surface area contributed by atoms with Crippen molar-refractivity contribution in [1.82, 2.24) is 4.98 Å².